The third-order valence-corrected chi connectivity index (χ3v) is 10.2. The van der Waals surface area contributed by atoms with E-state index in [1.165, 1.54) is 30.9 Å². The van der Waals surface area contributed by atoms with E-state index in [-0.39, 0.29) is 35.3 Å². The number of likely N-dealkylation sites (N-methyl/N-ethyl adjacent to an activating group) is 1. The van der Waals surface area contributed by atoms with Crippen LogP contribution in [0.1, 0.15) is 53.6 Å². The van der Waals surface area contributed by atoms with Crippen LogP contribution in [0.2, 0.25) is 0 Å². The van der Waals surface area contributed by atoms with Crippen molar-refractivity contribution >= 4 is 17.5 Å². The topological polar surface area (TPSA) is 174 Å². The molecule has 5 aliphatic carbocycles. The number of hydrogen-bond acceptors (Lipinski definition) is 10. The number of nitrogens with zero attached hydrogens (tertiary/aromatic N) is 2. The second-order valence-corrected chi connectivity index (χ2v) is 12.6. The van der Waals surface area contributed by atoms with Crippen molar-refractivity contribution in [2.75, 3.05) is 28.3 Å². The summed E-state index contributed by atoms with van der Waals surface area (Å²) in [7, 11) is 6.80. The molecule has 0 saturated heterocycles. The largest absolute Gasteiger partial charge is 0.510 e. The molecule has 0 bridgehead atoms. The summed E-state index contributed by atoms with van der Waals surface area (Å²) in [5.41, 5.74) is 3.11. The molecule has 4 atom stereocenters. The summed E-state index contributed by atoms with van der Waals surface area (Å²) in [5.74, 6) is -5.50. The first-order valence-electron chi connectivity index (χ1n) is 14.1. The van der Waals surface area contributed by atoms with Crippen molar-refractivity contribution < 1.29 is 39.5 Å². The average Bonchev–Trinajstić information content (AvgIpc) is 3.79. The molecule has 0 radical (unpaired) electrons. The van der Waals surface area contributed by atoms with E-state index in [1.807, 2.05) is 0 Å². The molecule has 2 saturated carbocycles. The van der Waals surface area contributed by atoms with Crippen LogP contribution in [-0.4, -0.2) is 93.1 Å². The molecule has 5 aliphatic rings. The van der Waals surface area contributed by atoms with Gasteiger partial charge in [-0.1, -0.05) is 0 Å². The van der Waals surface area contributed by atoms with E-state index in [1.54, 1.807) is 14.1 Å². The fourth-order valence-electron chi connectivity index (χ4n) is 8.00. The van der Waals surface area contributed by atoms with E-state index >= 15 is 0 Å². The summed E-state index contributed by atoms with van der Waals surface area (Å²) in [6, 6.07) is 0.487. The highest BCUT2D eigenvalue weighted by Gasteiger charge is 2.63. The standard InChI is InChI=1S/C30H37N3O8/c1-32(2)22-17-10-13-9-16-20(23(35)19(13)26(37)30(17,40)27(38)21(24(22)36)28(31)39)18(34)11-14(25(16)41-4)12-33(3)29(7-8-29)15-5-6-15/h11,13,15,17,22,34,36-37,40H,5-10,12H2,1-4H3,(H2,31,39)/t13-,17-,22-,30-/m0/s1. The van der Waals surface area contributed by atoms with Crippen molar-refractivity contribution in [3.8, 4) is 11.5 Å². The van der Waals surface area contributed by atoms with E-state index in [9.17, 15) is 34.8 Å². The highest BCUT2D eigenvalue weighted by atomic mass is 16.5. The van der Waals surface area contributed by atoms with Gasteiger partial charge in [0, 0.05) is 34.7 Å². The number of primary amides is 1. The van der Waals surface area contributed by atoms with Gasteiger partial charge in [0.15, 0.2) is 11.4 Å². The number of nitrogens with two attached hydrogens (primary N) is 1. The number of fused-ring (bicyclic) bond motifs is 3. The summed E-state index contributed by atoms with van der Waals surface area (Å²) < 4.78 is 5.84. The van der Waals surface area contributed by atoms with Gasteiger partial charge in [0.2, 0.25) is 5.78 Å². The molecule has 1 aromatic rings. The van der Waals surface area contributed by atoms with Crippen LogP contribution < -0.4 is 10.5 Å². The molecule has 6 N–H and O–H groups in total. The van der Waals surface area contributed by atoms with E-state index in [4.69, 9.17) is 10.5 Å². The van der Waals surface area contributed by atoms with Gasteiger partial charge in [-0.3, -0.25) is 24.2 Å². The number of methoxy groups -OCH3 is 1. The number of Topliss-reactive ketones (excluding diaryl/α,β-unsaturated/α-hetero) is 2. The Labute approximate surface area is 237 Å². The Kier molecular flexibility index (Phi) is 6.12. The molecule has 0 spiro atoms. The number of aromatic hydroxyl groups is 1. The molecule has 11 nitrogen and oxygen atoms in total. The Balaban J connectivity index is 1.45. The zero-order valence-corrected chi connectivity index (χ0v) is 23.7. The fraction of sp³-hybridized carbons (Fsp3) is 0.567. The summed E-state index contributed by atoms with van der Waals surface area (Å²) in [6.07, 6.45) is 4.94. The lowest BCUT2D eigenvalue weighted by atomic mass is 9.58. The van der Waals surface area contributed by atoms with Crippen LogP contribution in [0, 0.1) is 17.8 Å². The van der Waals surface area contributed by atoms with E-state index < -0.39 is 58.0 Å². The fourth-order valence-corrected chi connectivity index (χ4v) is 8.00. The minimum absolute atomic E-state index is 0.0323. The first kappa shape index (κ1) is 27.7. The molecule has 0 aromatic heterocycles. The number of benzene rings is 1. The number of amides is 1. The van der Waals surface area contributed by atoms with Crippen LogP contribution in [0.5, 0.6) is 11.5 Å². The molecular weight excluding hydrogens is 530 g/mol. The Hall–Kier alpha value is -3.41. The van der Waals surface area contributed by atoms with Crippen molar-refractivity contribution in [3.05, 3.63) is 45.4 Å². The Morgan fingerprint density at radius 3 is 2.34 bits per heavy atom. The number of hydrogen-bond donors (Lipinski definition) is 5. The molecule has 0 heterocycles. The lowest BCUT2D eigenvalue weighted by molar-refractivity contribution is -0.148. The molecule has 0 unspecified atom stereocenters. The number of carbonyl (C=O) groups is 3. The van der Waals surface area contributed by atoms with Crippen molar-refractivity contribution in [1.29, 1.82) is 0 Å². The summed E-state index contributed by atoms with van der Waals surface area (Å²) in [4.78, 5) is 43.4. The molecule has 1 amide bonds. The predicted molar refractivity (Wildman–Crippen MR) is 146 cm³/mol. The zero-order valence-electron chi connectivity index (χ0n) is 23.7. The number of ether oxygens (including phenoxy) is 1. The van der Waals surface area contributed by atoms with Gasteiger partial charge in [-0.25, -0.2) is 0 Å². The van der Waals surface area contributed by atoms with E-state index in [0.29, 0.717) is 23.8 Å². The van der Waals surface area contributed by atoms with Gasteiger partial charge in [0.1, 0.15) is 28.6 Å². The number of allylic oxidation sites excluding steroid dienone is 1. The number of aliphatic hydroxyl groups excluding tert-OH is 2. The lowest BCUT2D eigenvalue weighted by Gasteiger charge is -2.50. The number of phenolic OH excluding ortho intramolecular Hbond substituents is 1. The Bertz CT molecular complexity index is 1450. The summed E-state index contributed by atoms with van der Waals surface area (Å²) in [5, 5.41) is 45.3. The number of carbonyl (C=O) groups excluding carboxylic acids is 3. The van der Waals surface area contributed by atoms with Crippen molar-refractivity contribution in [1.82, 2.24) is 9.80 Å². The maximum absolute atomic E-state index is 13.9. The van der Waals surface area contributed by atoms with E-state index in [0.717, 1.165) is 18.4 Å². The van der Waals surface area contributed by atoms with Gasteiger partial charge in [0.05, 0.1) is 18.7 Å². The Morgan fingerprint density at radius 1 is 1.15 bits per heavy atom. The van der Waals surface area contributed by atoms with Crippen LogP contribution >= 0.6 is 0 Å². The van der Waals surface area contributed by atoms with Crippen molar-refractivity contribution in [2.45, 2.75) is 62.3 Å². The highest BCUT2D eigenvalue weighted by molar-refractivity contribution is 6.24. The van der Waals surface area contributed by atoms with Crippen LogP contribution in [-0.2, 0) is 22.6 Å². The van der Waals surface area contributed by atoms with Gasteiger partial charge in [-0.2, -0.15) is 0 Å². The van der Waals surface area contributed by atoms with Gasteiger partial charge in [-0.05, 0) is 77.6 Å². The maximum atomic E-state index is 13.9. The monoisotopic (exact) mass is 567 g/mol. The minimum Gasteiger partial charge on any atom is -0.510 e. The number of phenols is 1. The quantitative estimate of drug-likeness (QED) is 0.304. The van der Waals surface area contributed by atoms with Crippen LogP contribution in [0.25, 0.3) is 0 Å². The Morgan fingerprint density at radius 2 is 1.80 bits per heavy atom. The van der Waals surface area contributed by atoms with Crippen LogP contribution in [0.3, 0.4) is 0 Å². The van der Waals surface area contributed by atoms with Gasteiger partial charge >= 0.3 is 0 Å². The van der Waals surface area contributed by atoms with Gasteiger partial charge in [0.25, 0.3) is 5.91 Å². The molecule has 0 aliphatic heterocycles. The van der Waals surface area contributed by atoms with Gasteiger partial charge < -0.3 is 30.9 Å². The third kappa shape index (κ3) is 3.71. The molecule has 11 heteroatoms. The summed E-state index contributed by atoms with van der Waals surface area (Å²) in [6.45, 7) is 0.529. The predicted octanol–water partition coefficient (Wildman–Crippen LogP) is 1.50. The second-order valence-electron chi connectivity index (χ2n) is 12.6. The highest BCUT2D eigenvalue weighted by Crippen LogP contribution is 2.58. The molecule has 1 aromatic carbocycles. The maximum Gasteiger partial charge on any atom is 0.255 e. The first-order chi connectivity index (χ1) is 19.3. The van der Waals surface area contributed by atoms with Crippen molar-refractivity contribution in [2.24, 2.45) is 23.5 Å². The third-order valence-electron chi connectivity index (χ3n) is 10.2. The summed E-state index contributed by atoms with van der Waals surface area (Å²) >= 11 is 0. The molecule has 6 rings (SSSR count). The number of aliphatic hydroxyl groups is 3. The average molecular weight is 568 g/mol. The smallest absolute Gasteiger partial charge is 0.255 e. The van der Waals surface area contributed by atoms with Crippen molar-refractivity contribution in [3.63, 3.8) is 0 Å². The van der Waals surface area contributed by atoms with Crippen LogP contribution in [0.15, 0.2) is 28.7 Å². The molecular formula is C30H37N3O8. The zero-order chi connectivity index (χ0) is 29.8. The minimum atomic E-state index is -2.66. The SMILES string of the molecule is COc1c(CN(C)C2(C3CC3)CC2)cc(O)c2c1C[C@H]1C[C@H]3[C@H](N(C)C)C(O)=C(C(N)=O)C(=O)[C@@]3(O)C(O)=C1C2=O. The number of ketones is 2. The molecule has 220 valence electrons. The second kappa shape index (κ2) is 9.04. The normalized spacial score (nSPS) is 30.4. The lowest BCUT2D eigenvalue weighted by Crippen LogP contribution is -2.63. The number of rotatable bonds is 7. The molecule has 41 heavy (non-hydrogen) atoms. The molecule has 2 fully saturated rings. The van der Waals surface area contributed by atoms with E-state index in [2.05, 4.69) is 11.9 Å². The van der Waals surface area contributed by atoms with Crippen LogP contribution in [0.4, 0.5) is 0 Å². The first-order valence-corrected chi connectivity index (χ1v) is 14.1. The van der Waals surface area contributed by atoms with Gasteiger partial charge in [-0.15, -0.1) is 0 Å².